The summed E-state index contributed by atoms with van der Waals surface area (Å²) >= 11 is 1.45. The van der Waals surface area contributed by atoms with E-state index in [0.29, 0.717) is 30.8 Å². The molecule has 0 aliphatic carbocycles. The molecule has 224 valence electrons. The number of carbonyl (C=O) groups excluding carboxylic acids is 4. The quantitative estimate of drug-likeness (QED) is 0.167. The Bertz CT molecular complexity index is 1120. The average molecular weight is 590 g/mol. The molecule has 0 saturated carbocycles. The predicted molar refractivity (Wildman–Crippen MR) is 152 cm³/mol. The van der Waals surface area contributed by atoms with Crippen molar-refractivity contribution in [2.45, 2.75) is 62.6 Å². The van der Waals surface area contributed by atoms with Crippen LogP contribution in [0.3, 0.4) is 0 Å². The normalized spacial score (nSPS) is 29.5. The first-order valence-corrected chi connectivity index (χ1v) is 14.8. The van der Waals surface area contributed by atoms with Gasteiger partial charge in [0.25, 0.3) is 0 Å². The van der Waals surface area contributed by atoms with Crippen LogP contribution in [-0.4, -0.2) is 106 Å². The highest BCUT2D eigenvalue weighted by Crippen LogP contribution is 2.52. The number of esters is 1. The molecule has 0 bridgehead atoms. The van der Waals surface area contributed by atoms with Crippen LogP contribution in [0.2, 0.25) is 0 Å². The van der Waals surface area contributed by atoms with Crippen molar-refractivity contribution in [2.75, 3.05) is 32.9 Å². The van der Waals surface area contributed by atoms with E-state index in [1.165, 1.54) is 34.9 Å². The smallest absolute Gasteiger partial charge is 0.410 e. The van der Waals surface area contributed by atoms with Crippen molar-refractivity contribution < 1.29 is 38.5 Å². The van der Waals surface area contributed by atoms with Crippen LogP contribution in [0.1, 0.15) is 33.1 Å². The number of hydrogen-bond donors (Lipinski definition) is 1. The minimum atomic E-state index is -0.860. The number of aliphatic hydroxyl groups excluding tert-OH is 1. The van der Waals surface area contributed by atoms with Gasteiger partial charge in [0.05, 0.1) is 30.1 Å². The minimum absolute atomic E-state index is 0.00488. The van der Waals surface area contributed by atoms with Crippen LogP contribution in [0.4, 0.5) is 9.59 Å². The number of amides is 3. The first-order valence-electron chi connectivity index (χ1n) is 13.9. The van der Waals surface area contributed by atoms with Crippen LogP contribution in [0.5, 0.6) is 0 Å². The second kappa shape index (κ2) is 13.2. The SMILES string of the molecule is C=CCOC(=O)C1=C(S[C@H]2C[C@@H](C3CCCN3C(=O)OCC=C)N(C(=O)OCC=C)C2)[C@H](C)[C@@H]2[C@@H]([C@@H](C)O)C(=O)N12. The molecule has 12 heteroatoms. The lowest BCUT2D eigenvalue weighted by Crippen LogP contribution is -2.63. The molecule has 0 radical (unpaired) electrons. The number of β-lactam (4-membered cyclic amide) rings is 1. The number of carbonyl (C=O) groups is 4. The Kier molecular flexibility index (Phi) is 9.85. The largest absolute Gasteiger partial charge is 0.457 e. The molecular formula is C29H39N3O8S. The maximum absolute atomic E-state index is 13.2. The zero-order valence-corrected chi connectivity index (χ0v) is 24.4. The molecule has 3 fully saturated rings. The topological polar surface area (TPSA) is 126 Å². The Morgan fingerprint density at radius 2 is 1.63 bits per heavy atom. The van der Waals surface area contributed by atoms with Gasteiger partial charge in [-0.25, -0.2) is 14.4 Å². The molecule has 1 N–H and O–H groups in total. The van der Waals surface area contributed by atoms with Crippen LogP contribution in [-0.2, 0) is 23.8 Å². The molecule has 0 aromatic heterocycles. The highest BCUT2D eigenvalue weighted by Gasteiger charge is 2.60. The van der Waals surface area contributed by atoms with Gasteiger partial charge in [-0.1, -0.05) is 44.9 Å². The lowest BCUT2D eigenvalue weighted by molar-refractivity contribution is -0.164. The van der Waals surface area contributed by atoms with Gasteiger partial charge in [0, 0.05) is 29.2 Å². The second-order valence-corrected chi connectivity index (χ2v) is 12.0. The van der Waals surface area contributed by atoms with Crippen molar-refractivity contribution >= 4 is 35.8 Å². The molecule has 4 rings (SSSR count). The number of rotatable bonds is 11. The van der Waals surface area contributed by atoms with E-state index in [2.05, 4.69) is 19.7 Å². The predicted octanol–water partition coefficient (Wildman–Crippen LogP) is 3.07. The van der Waals surface area contributed by atoms with E-state index in [1.54, 1.807) is 16.7 Å². The van der Waals surface area contributed by atoms with E-state index in [9.17, 15) is 24.3 Å². The van der Waals surface area contributed by atoms with Crippen molar-refractivity contribution in [3.05, 3.63) is 48.6 Å². The number of thioether (sulfide) groups is 1. The van der Waals surface area contributed by atoms with Gasteiger partial charge in [-0.2, -0.15) is 0 Å². The monoisotopic (exact) mass is 589 g/mol. The molecule has 1 unspecified atom stereocenters. The van der Waals surface area contributed by atoms with Crippen LogP contribution >= 0.6 is 11.8 Å². The van der Waals surface area contributed by atoms with Crippen LogP contribution in [0.25, 0.3) is 0 Å². The van der Waals surface area contributed by atoms with Crippen molar-refractivity contribution in [3.63, 3.8) is 0 Å². The van der Waals surface area contributed by atoms with Gasteiger partial charge in [0.1, 0.15) is 25.5 Å². The molecule has 7 atom stereocenters. The average Bonchev–Trinajstić information content (AvgIpc) is 3.65. The van der Waals surface area contributed by atoms with E-state index in [-0.39, 0.29) is 60.7 Å². The molecule has 4 heterocycles. The molecule has 0 aromatic carbocycles. The van der Waals surface area contributed by atoms with Gasteiger partial charge in [0.15, 0.2) is 0 Å². The third-order valence-corrected chi connectivity index (χ3v) is 9.59. The Morgan fingerprint density at radius 1 is 1.02 bits per heavy atom. The molecule has 3 amide bonds. The summed E-state index contributed by atoms with van der Waals surface area (Å²) in [7, 11) is 0. The van der Waals surface area contributed by atoms with Crippen molar-refractivity contribution in [1.82, 2.24) is 14.7 Å². The zero-order chi connectivity index (χ0) is 29.8. The molecule has 11 nitrogen and oxygen atoms in total. The molecular weight excluding hydrogens is 550 g/mol. The molecule has 41 heavy (non-hydrogen) atoms. The Labute approximate surface area is 244 Å². The van der Waals surface area contributed by atoms with Crippen LogP contribution in [0.15, 0.2) is 48.6 Å². The number of fused-ring (bicyclic) bond motifs is 1. The number of nitrogens with zero attached hydrogens (tertiary/aromatic N) is 3. The van der Waals surface area contributed by atoms with Gasteiger partial charge < -0.3 is 34.0 Å². The molecule has 4 aliphatic heterocycles. The minimum Gasteiger partial charge on any atom is -0.457 e. The van der Waals surface area contributed by atoms with E-state index in [0.717, 1.165) is 6.42 Å². The zero-order valence-electron chi connectivity index (χ0n) is 23.6. The third kappa shape index (κ3) is 5.90. The summed E-state index contributed by atoms with van der Waals surface area (Å²) in [5, 5.41) is 10.1. The number of likely N-dealkylation sites (tertiary alicyclic amines) is 2. The number of aliphatic hydroxyl groups is 1. The number of ether oxygens (including phenoxy) is 3. The molecule has 0 aromatic rings. The highest BCUT2D eigenvalue weighted by molar-refractivity contribution is 8.03. The highest BCUT2D eigenvalue weighted by atomic mass is 32.2. The van der Waals surface area contributed by atoms with Crippen LogP contribution in [0, 0.1) is 11.8 Å². The first-order chi connectivity index (χ1) is 19.7. The first kappa shape index (κ1) is 30.7. The maximum Gasteiger partial charge on any atom is 0.410 e. The standard InChI is InChI=1S/C29H39N3O8S/c1-6-12-38-27(35)24-25(17(4)23-22(18(5)33)26(34)32(23)24)41-19-15-21(31(16-19)29(37)40-14-8-3)20-10-9-11-30(20)28(36)39-13-7-2/h6-8,17-23,33H,1-3,9-16H2,4-5H3/t17-,18-,19+,20?,21+,22-,23-/m1/s1. The van der Waals surface area contributed by atoms with E-state index >= 15 is 0 Å². The summed E-state index contributed by atoms with van der Waals surface area (Å²) in [6, 6.07) is -0.949. The lowest BCUT2D eigenvalue weighted by Gasteiger charge is -2.46. The third-order valence-electron chi connectivity index (χ3n) is 8.09. The van der Waals surface area contributed by atoms with Gasteiger partial charge in [-0.15, -0.1) is 11.8 Å². The second-order valence-electron chi connectivity index (χ2n) is 10.7. The summed E-state index contributed by atoms with van der Waals surface area (Å²) in [6.45, 7) is 15.3. The van der Waals surface area contributed by atoms with E-state index < -0.39 is 30.2 Å². The van der Waals surface area contributed by atoms with Gasteiger partial charge >= 0.3 is 18.2 Å². The van der Waals surface area contributed by atoms with E-state index in [1.807, 2.05) is 6.92 Å². The maximum atomic E-state index is 13.2. The van der Waals surface area contributed by atoms with Crippen LogP contribution < -0.4 is 0 Å². The Hall–Kier alpha value is -3.25. The lowest BCUT2D eigenvalue weighted by atomic mass is 9.79. The number of hydrogen-bond acceptors (Lipinski definition) is 9. The van der Waals surface area contributed by atoms with Crippen molar-refractivity contribution in [3.8, 4) is 0 Å². The molecule has 3 saturated heterocycles. The molecule has 0 spiro atoms. The van der Waals surface area contributed by atoms with Crippen molar-refractivity contribution in [2.24, 2.45) is 11.8 Å². The summed E-state index contributed by atoms with van der Waals surface area (Å²) in [6.07, 6.45) is 4.66. The van der Waals surface area contributed by atoms with Gasteiger partial charge in [0.2, 0.25) is 5.91 Å². The summed E-state index contributed by atoms with van der Waals surface area (Å²) in [5.41, 5.74) is 0.191. The van der Waals surface area contributed by atoms with E-state index in [4.69, 9.17) is 14.2 Å². The fraction of sp³-hybridized carbons (Fsp3) is 0.586. The molecule has 4 aliphatic rings. The summed E-state index contributed by atoms with van der Waals surface area (Å²) < 4.78 is 16.1. The fourth-order valence-electron chi connectivity index (χ4n) is 6.38. The van der Waals surface area contributed by atoms with Crippen molar-refractivity contribution in [1.29, 1.82) is 0 Å². The summed E-state index contributed by atoms with van der Waals surface area (Å²) in [4.78, 5) is 57.6. The van der Waals surface area contributed by atoms with Gasteiger partial charge in [-0.3, -0.25) is 4.79 Å². The Morgan fingerprint density at radius 3 is 2.24 bits per heavy atom. The Balaban J connectivity index is 1.61. The van der Waals surface area contributed by atoms with Gasteiger partial charge in [-0.05, 0) is 26.2 Å². The summed E-state index contributed by atoms with van der Waals surface area (Å²) in [5.74, 6) is -1.76. The fourth-order valence-corrected chi connectivity index (χ4v) is 7.92.